The molecule has 0 atom stereocenters. The molecule has 0 aromatic heterocycles. The second kappa shape index (κ2) is 6.84. The lowest BCUT2D eigenvalue weighted by Crippen LogP contribution is -2.39. The van der Waals surface area contributed by atoms with Crippen LogP contribution in [0.2, 0.25) is 0 Å². The second-order valence-electron chi connectivity index (χ2n) is 4.63. The van der Waals surface area contributed by atoms with Crippen molar-refractivity contribution < 1.29 is 9.72 Å². The molecule has 0 aliphatic rings. The van der Waals surface area contributed by atoms with Crippen LogP contribution in [0.5, 0.6) is 0 Å². The smallest absolute Gasteiger partial charge is 0.269 e. The molecule has 0 radical (unpaired) electrons. The highest BCUT2D eigenvalue weighted by Crippen LogP contribution is 2.11. The standard InChI is InChI=1S/C13H19N3O3/c1-10(2)15(3)13(17)9-14-8-11-4-6-12(7-5-11)16(18)19/h4-7,10,14H,8-9H2,1-3H3. The van der Waals surface area contributed by atoms with Gasteiger partial charge in [0.15, 0.2) is 0 Å². The molecule has 1 aromatic carbocycles. The van der Waals surface area contributed by atoms with Crippen molar-refractivity contribution in [3.8, 4) is 0 Å². The summed E-state index contributed by atoms with van der Waals surface area (Å²) in [5.74, 6) is 0.0249. The zero-order valence-electron chi connectivity index (χ0n) is 11.4. The van der Waals surface area contributed by atoms with Crippen molar-refractivity contribution >= 4 is 11.6 Å². The summed E-state index contributed by atoms with van der Waals surface area (Å²) in [7, 11) is 1.76. The third-order valence-corrected chi connectivity index (χ3v) is 2.92. The first-order valence-corrected chi connectivity index (χ1v) is 6.11. The molecule has 0 spiro atoms. The van der Waals surface area contributed by atoms with E-state index in [1.807, 2.05) is 13.8 Å². The lowest BCUT2D eigenvalue weighted by molar-refractivity contribution is -0.384. The van der Waals surface area contributed by atoms with Gasteiger partial charge in [-0.1, -0.05) is 12.1 Å². The predicted molar refractivity (Wildman–Crippen MR) is 72.7 cm³/mol. The molecule has 0 fully saturated rings. The number of hydrogen-bond donors (Lipinski definition) is 1. The van der Waals surface area contributed by atoms with Gasteiger partial charge in [0.2, 0.25) is 5.91 Å². The van der Waals surface area contributed by atoms with Gasteiger partial charge in [0.1, 0.15) is 0 Å². The Morgan fingerprint density at radius 1 is 1.37 bits per heavy atom. The Balaban J connectivity index is 2.41. The number of non-ortho nitro benzene ring substituents is 1. The minimum Gasteiger partial charge on any atom is -0.342 e. The fourth-order valence-corrected chi connectivity index (χ4v) is 1.46. The summed E-state index contributed by atoms with van der Waals surface area (Å²) in [4.78, 5) is 23.4. The lowest BCUT2D eigenvalue weighted by atomic mass is 10.2. The van der Waals surface area contributed by atoms with Gasteiger partial charge < -0.3 is 10.2 Å². The van der Waals surface area contributed by atoms with E-state index in [0.717, 1.165) is 5.56 Å². The van der Waals surface area contributed by atoms with Gasteiger partial charge >= 0.3 is 0 Å². The summed E-state index contributed by atoms with van der Waals surface area (Å²) in [6.07, 6.45) is 0. The number of nitrogens with zero attached hydrogens (tertiary/aromatic N) is 2. The van der Waals surface area contributed by atoms with Crippen molar-refractivity contribution in [1.29, 1.82) is 0 Å². The maximum Gasteiger partial charge on any atom is 0.269 e. The van der Waals surface area contributed by atoms with Gasteiger partial charge in [-0.3, -0.25) is 14.9 Å². The molecule has 1 rings (SSSR count). The number of hydrogen-bond acceptors (Lipinski definition) is 4. The van der Waals surface area contributed by atoms with Crippen molar-refractivity contribution in [2.24, 2.45) is 0 Å². The summed E-state index contributed by atoms with van der Waals surface area (Å²) in [5, 5.41) is 13.5. The Morgan fingerprint density at radius 2 is 1.95 bits per heavy atom. The Bertz CT molecular complexity index is 443. The lowest BCUT2D eigenvalue weighted by Gasteiger charge is -2.21. The summed E-state index contributed by atoms with van der Waals surface area (Å²) in [6, 6.07) is 6.45. The van der Waals surface area contributed by atoms with Crippen LogP contribution in [-0.2, 0) is 11.3 Å². The van der Waals surface area contributed by atoms with Gasteiger partial charge in [-0.05, 0) is 19.4 Å². The van der Waals surface area contributed by atoms with Crippen molar-refractivity contribution in [3.05, 3.63) is 39.9 Å². The number of carbonyl (C=O) groups is 1. The molecule has 1 amide bonds. The van der Waals surface area contributed by atoms with Gasteiger partial charge in [0, 0.05) is 31.8 Å². The molecule has 19 heavy (non-hydrogen) atoms. The van der Waals surface area contributed by atoms with Crippen LogP contribution in [0.4, 0.5) is 5.69 Å². The maximum atomic E-state index is 11.7. The molecule has 0 aliphatic heterocycles. The normalized spacial score (nSPS) is 10.5. The largest absolute Gasteiger partial charge is 0.342 e. The molecule has 6 heteroatoms. The highest BCUT2D eigenvalue weighted by molar-refractivity contribution is 5.78. The van der Waals surface area contributed by atoms with Crippen LogP contribution in [0.1, 0.15) is 19.4 Å². The summed E-state index contributed by atoms with van der Waals surface area (Å²) in [5.41, 5.74) is 0.977. The predicted octanol–water partition coefficient (Wildman–Crippen LogP) is 1.55. The maximum absolute atomic E-state index is 11.7. The SMILES string of the molecule is CC(C)N(C)C(=O)CNCc1ccc([N+](=O)[O-])cc1. The average Bonchev–Trinajstić information content (AvgIpc) is 2.38. The number of benzene rings is 1. The van der Waals surface area contributed by atoms with Crippen LogP contribution in [0.3, 0.4) is 0 Å². The van der Waals surface area contributed by atoms with Crippen LogP contribution < -0.4 is 5.32 Å². The van der Waals surface area contributed by atoms with Crippen molar-refractivity contribution in [3.63, 3.8) is 0 Å². The van der Waals surface area contributed by atoms with E-state index in [4.69, 9.17) is 0 Å². The fraction of sp³-hybridized carbons (Fsp3) is 0.462. The van der Waals surface area contributed by atoms with Crippen LogP contribution >= 0.6 is 0 Å². The fourth-order valence-electron chi connectivity index (χ4n) is 1.46. The number of nitro benzene ring substituents is 1. The molecular formula is C13H19N3O3. The molecule has 0 saturated carbocycles. The first-order chi connectivity index (χ1) is 8.91. The van der Waals surface area contributed by atoms with Crippen LogP contribution in [0, 0.1) is 10.1 Å². The second-order valence-corrected chi connectivity index (χ2v) is 4.63. The van der Waals surface area contributed by atoms with Crippen LogP contribution in [0.25, 0.3) is 0 Å². The van der Waals surface area contributed by atoms with Crippen LogP contribution in [0.15, 0.2) is 24.3 Å². The third-order valence-electron chi connectivity index (χ3n) is 2.92. The Morgan fingerprint density at radius 3 is 2.42 bits per heavy atom. The third kappa shape index (κ3) is 4.67. The van der Waals surface area contributed by atoms with Gasteiger partial charge in [-0.15, -0.1) is 0 Å². The van der Waals surface area contributed by atoms with Gasteiger partial charge in [-0.2, -0.15) is 0 Å². The van der Waals surface area contributed by atoms with E-state index in [9.17, 15) is 14.9 Å². The van der Waals surface area contributed by atoms with Gasteiger partial charge in [0.05, 0.1) is 11.5 Å². The van der Waals surface area contributed by atoms with E-state index >= 15 is 0 Å². The van der Waals surface area contributed by atoms with E-state index in [2.05, 4.69) is 5.32 Å². The number of carbonyl (C=O) groups excluding carboxylic acids is 1. The Hall–Kier alpha value is -1.95. The zero-order chi connectivity index (χ0) is 14.4. The van der Waals surface area contributed by atoms with E-state index in [-0.39, 0.29) is 24.2 Å². The van der Waals surface area contributed by atoms with E-state index in [1.165, 1.54) is 12.1 Å². The average molecular weight is 265 g/mol. The molecule has 104 valence electrons. The van der Waals surface area contributed by atoms with Crippen molar-refractivity contribution in [2.45, 2.75) is 26.4 Å². The molecular weight excluding hydrogens is 246 g/mol. The first kappa shape index (κ1) is 15.1. The number of nitrogens with one attached hydrogen (secondary N) is 1. The van der Waals surface area contributed by atoms with Gasteiger partial charge in [0.25, 0.3) is 5.69 Å². The molecule has 0 saturated heterocycles. The quantitative estimate of drug-likeness (QED) is 0.625. The van der Waals surface area contributed by atoms with E-state index in [0.29, 0.717) is 6.54 Å². The number of rotatable bonds is 6. The molecule has 6 nitrogen and oxygen atoms in total. The Labute approximate surface area is 112 Å². The first-order valence-electron chi connectivity index (χ1n) is 6.11. The van der Waals surface area contributed by atoms with Crippen molar-refractivity contribution in [1.82, 2.24) is 10.2 Å². The summed E-state index contributed by atoms with van der Waals surface area (Å²) >= 11 is 0. The highest BCUT2D eigenvalue weighted by atomic mass is 16.6. The Kier molecular flexibility index (Phi) is 5.44. The molecule has 0 aliphatic carbocycles. The summed E-state index contributed by atoms with van der Waals surface area (Å²) < 4.78 is 0. The van der Waals surface area contributed by atoms with E-state index in [1.54, 1.807) is 24.1 Å². The minimum atomic E-state index is -0.432. The molecule has 1 N–H and O–H groups in total. The molecule has 0 heterocycles. The van der Waals surface area contributed by atoms with E-state index < -0.39 is 4.92 Å². The summed E-state index contributed by atoms with van der Waals surface area (Å²) in [6.45, 7) is 4.67. The topological polar surface area (TPSA) is 75.5 Å². The molecule has 0 unspecified atom stereocenters. The number of likely N-dealkylation sites (N-methyl/N-ethyl adjacent to an activating group) is 1. The van der Waals surface area contributed by atoms with Gasteiger partial charge in [-0.25, -0.2) is 0 Å². The zero-order valence-corrected chi connectivity index (χ0v) is 11.4. The van der Waals surface area contributed by atoms with Crippen molar-refractivity contribution in [2.75, 3.05) is 13.6 Å². The minimum absolute atomic E-state index is 0.0249. The van der Waals surface area contributed by atoms with Crippen LogP contribution in [-0.4, -0.2) is 35.4 Å². The number of nitro groups is 1. The monoisotopic (exact) mass is 265 g/mol. The molecule has 1 aromatic rings. The number of amides is 1. The molecule has 0 bridgehead atoms. The highest BCUT2D eigenvalue weighted by Gasteiger charge is 2.11.